The van der Waals surface area contributed by atoms with Gasteiger partial charge in [-0.25, -0.2) is 4.68 Å². The summed E-state index contributed by atoms with van der Waals surface area (Å²) in [4.78, 5) is 43.5. The summed E-state index contributed by atoms with van der Waals surface area (Å²) in [6.45, 7) is 10.1. The Balaban J connectivity index is 1.53. The Bertz CT molecular complexity index is 1270. The number of benzene rings is 1. The summed E-state index contributed by atoms with van der Waals surface area (Å²) in [7, 11) is 0. The Kier molecular flexibility index (Phi) is 7.17. The molecule has 5 rings (SSSR count). The van der Waals surface area contributed by atoms with Gasteiger partial charge in [0.1, 0.15) is 23.8 Å². The summed E-state index contributed by atoms with van der Waals surface area (Å²) >= 11 is 0. The number of carbonyl (C=O) groups excluding carboxylic acids is 3. The van der Waals surface area contributed by atoms with Crippen molar-refractivity contribution in [3.05, 3.63) is 24.3 Å². The summed E-state index contributed by atoms with van der Waals surface area (Å²) in [6, 6.07) is 5.87. The second-order valence-corrected chi connectivity index (χ2v) is 11.7. The van der Waals surface area contributed by atoms with Gasteiger partial charge in [-0.15, -0.1) is 5.10 Å². The van der Waals surface area contributed by atoms with Crippen LogP contribution in [0.2, 0.25) is 0 Å². The van der Waals surface area contributed by atoms with Crippen molar-refractivity contribution in [1.29, 1.82) is 0 Å². The zero-order chi connectivity index (χ0) is 28.1. The number of aliphatic hydroxyl groups is 1. The predicted molar refractivity (Wildman–Crippen MR) is 143 cm³/mol. The van der Waals surface area contributed by atoms with Crippen molar-refractivity contribution in [1.82, 2.24) is 30.5 Å². The SMILES string of the molecule is CCCNC(=O)[C@@H]1[C@H]2C(=O)N([C@@H](CO)[C@@H](C)CC)C(C(=O)NCn3nnc4ccccc43)C23CC(C)[C@@]1(C)O3. The largest absolute Gasteiger partial charge is 0.394 e. The van der Waals surface area contributed by atoms with Crippen LogP contribution in [0, 0.1) is 23.7 Å². The summed E-state index contributed by atoms with van der Waals surface area (Å²) in [5.74, 6) is -2.56. The monoisotopic (exact) mass is 540 g/mol. The number of carbonyl (C=O) groups is 3. The number of aliphatic hydroxyl groups excluding tert-OH is 1. The number of nitrogens with zero attached hydrogens (tertiary/aromatic N) is 4. The number of hydrogen-bond acceptors (Lipinski definition) is 7. The minimum Gasteiger partial charge on any atom is -0.394 e. The molecule has 3 N–H and O–H groups in total. The zero-order valence-corrected chi connectivity index (χ0v) is 23.4. The summed E-state index contributed by atoms with van der Waals surface area (Å²) in [5, 5.41) is 24.7. The maximum Gasteiger partial charge on any atom is 0.247 e. The molecule has 2 aromatic rings. The predicted octanol–water partition coefficient (Wildman–Crippen LogP) is 1.45. The fourth-order valence-electron chi connectivity index (χ4n) is 7.19. The number of likely N-dealkylation sites (tertiary alicyclic amines) is 1. The molecule has 0 radical (unpaired) electrons. The fraction of sp³-hybridized carbons (Fsp3) is 0.679. The second kappa shape index (κ2) is 10.2. The average molecular weight is 541 g/mol. The molecule has 3 unspecified atom stereocenters. The van der Waals surface area contributed by atoms with E-state index in [0.29, 0.717) is 24.9 Å². The fourth-order valence-corrected chi connectivity index (χ4v) is 7.19. The van der Waals surface area contributed by atoms with Gasteiger partial charge in [0.05, 0.1) is 35.6 Å². The minimum atomic E-state index is -1.17. The number of aromatic nitrogens is 3. The topological polar surface area (TPSA) is 139 Å². The molecule has 8 atom stereocenters. The highest BCUT2D eigenvalue weighted by Crippen LogP contribution is 2.65. The Morgan fingerprint density at radius 3 is 2.67 bits per heavy atom. The van der Waals surface area contributed by atoms with E-state index in [2.05, 4.69) is 20.9 Å². The van der Waals surface area contributed by atoms with Gasteiger partial charge in [0, 0.05) is 6.54 Å². The molecule has 11 nitrogen and oxygen atoms in total. The molecular formula is C28H40N6O5. The molecule has 1 spiro atoms. The Morgan fingerprint density at radius 1 is 1.23 bits per heavy atom. The maximum atomic E-state index is 14.3. The normalized spacial score (nSPS) is 32.9. The first-order valence-corrected chi connectivity index (χ1v) is 14.1. The van der Waals surface area contributed by atoms with Gasteiger partial charge in [0.15, 0.2) is 0 Å². The van der Waals surface area contributed by atoms with E-state index < -0.39 is 41.0 Å². The Morgan fingerprint density at radius 2 is 1.97 bits per heavy atom. The third kappa shape index (κ3) is 4.04. The molecule has 212 valence electrons. The maximum absolute atomic E-state index is 14.3. The number of fused-ring (bicyclic) bond motifs is 2. The highest BCUT2D eigenvalue weighted by atomic mass is 16.5. The van der Waals surface area contributed by atoms with Crippen molar-refractivity contribution < 1.29 is 24.2 Å². The molecule has 0 aliphatic carbocycles. The van der Waals surface area contributed by atoms with Gasteiger partial charge in [-0.05, 0) is 43.7 Å². The molecule has 1 aromatic carbocycles. The van der Waals surface area contributed by atoms with Crippen LogP contribution in [0.3, 0.4) is 0 Å². The molecule has 3 aliphatic rings. The lowest BCUT2D eigenvalue weighted by Gasteiger charge is -2.39. The van der Waals surface area contributed by atoms with E-state index in [9.17, 15) is 19.5 Å². The highest BCUT2D eigenvalue weighted by molar-refractivity contribution is 5.99. The van der Waals surface area contributed by atoms with Gasteiger partial charge in [0.25, 0.3) is 0 Å². The molecule has 3 saturated heterocycles. The molecule has 2 bridgehead atoms. The first-order valence-electron chi connectivity index (χ1n) is 14.1. The first-order chi connectivity index (χ1) is 18.6. The third-order valence-electron chi connectivity index (χ3n) is 9.50. The van der Waals surface area contributed by atoms with Gasteiger partial charge in [-0.2, -0.15) is 0 Å². The van der Waals surface area contributed by atoms with Crippen LogP contribution in [-0.4, -0.2) is 79.2 Å². The lowest BCUT2D eigenvalue weighted by molar-refractivity contribution is -0.152. The Labute approximate surface area is 228 Å². The number of para-hydroxylation sites is 1. The van der Waals surface area contributed by atoms with E-state index in [1.54, 1.807) is 4.68 Å². The van der Waals surface area contributed by atoms with E-state index in [-0.39, 0.29) is 36.9 Å². The second-order valence-electron chi connectivity index (χ2n) is 11.7. The Hall–Kier alpha value is -3.05. The smallest absolute Gasteiger partial charge is 0.247 e. The van der Waals surface area contributed by atoms with Crippen molar-refractivity contribution in [2.45, 2.75) is 83.8 Å². The molecule has 39 heavy (non-hydrogen) atoms. The summed E-state index contributed by atoms with van der Waals surface area (Å²) in [6.07, 6.45) is 1.95. The number of rotatable bonds is 10. The van der Waals surface area contributed by atoms with Crippen molar-refractivity contribution in [3.63, 3.8) is 0 Å². The van der Waals surface area contributed by atoms with Crippen LogP contribution in [0.5, 0.6) is 0 Å². The van der Waals surface area contributed by atoms with Gasteiger partial charge in [-0.1, -0.05) is 51.5 Å². The molecule has 1 aromatic heterocycles. The van der Waals surface area contributed by atoms with Crippen LogP contribution in [0.15, 0.2) is 24.3 Å². The highest BCUT2D eigenvalue weighted by Gasteiger charge is 2.80. The van der Waals surface area contributed by atoms with Crippen molar-refractivity contribution >= 4 is 28.8 Å². The van der Waals surface area contributed by atoms with Crippen molar-refractivity contribution in [2.24, 2.45) is 23.7 Å². The van der Waals surface area contributed by atoms with Crippen LogP contribution in [0.1, 0.15) is 53.9 Å². The van der Waals surface area contributed by atoms with E-state index in [0.717, 1.165) is 11.9 Å². The molecule has 3 fully saturated rings. The molecule has 11 heteroatoms. The van der Waals surface area contributed by atoms with Crippen LogP contribution in [0.25, 0.3) is 11.0 Å². The van der Waals surface area contributed by atoms with Crippen LogP contribution in [-0.2, 0) is 25.8 Å². The summed E-state index contributed by atoms with van der Waals surface area (Å²) < 4.78 is 8.34. The van der Waals surface area contributed by atoms with Gasteiger partial charge in [-0.3, -0.25) is 14.4 Å². The molecule has 0 saturated carbocycles. The third-order valence-corrected chi connectivity index (χ3v) is 9.50. The lowest BCUT2D eigenvalue weighted by Crippen LogP contribution is -2.59. The number of hydrogen-bond donors (Lipinski definition) is 3. The van der Waals surface area contributed by atoms with Gasteiger partial charge < -0.3 is 25.4 Å². The van der Waals surface area contributed by atoms with Gasteiger partial charge >= 0.3 is 0 Å². The number of ether oxygens (including phenoxy) is 1. The quantitative estimate of drug-likeness (QED) is 0.415. The lowest BCUT2D eigenvalue weighted by atomic mass is 9.62. The molecule has 3 aliphatic heterocycles. The number of amides is 3. The average Bonchev–Trinajstić information content (AvgIpc) is 3.60. The van der Waals surface area contributed by atoms with Crippen molar-refractivity contribution in [2.75, 3.05) is 13.2 Å². The molecule has 4 heterocycles. The molecule has 3 amide bonds. The van der Waals surface area contributed by atoms with E-state index in [1.165, 1.54) is 4.90 Å². The van der Waals surface area contributed by atoms with Crippen LogP contribution >= 0.6 is 0 Å². The van der Waals surface area contributed by atoms with E-state index >= 15 is 0 Å². The van der Waals surface area contributed by atoms with E-state index in [4.69, 9.17) is 4.74 Å². The standard InChI is InChI=1S/C28H40N6O5/c1-6-12-29-24(36)21-22-26(38)34(20(14-35)16(3)7-2)23(28(22)13-17(4)27(21,5)39-28)25(37)30-15-33-19-11-9-8-10-18(19)31-32-33/h8-11,16-17,20-23,35H,6-7,12-15H2,1-5H3,(H,29,36)(H,30,37)/t16-,17?,20-,21-,22-,23?,27+,28?/m0/s1. The van der Waals surface area contributed by atoms with Crippen molar-refractivity contribution in [3.8, 4) is 0 Å². The van der Waals surface area contributed by atoms with Gasteiger partial charge in [0.2, 0.25) is 17.7 Å². The van der Waals surface area contributed by atoms with E-state index in [1.807, 2.05) is 58.9 Å². The number of nitrogens with one attached hydrogen (secondary N) is 2. The minimum absolute atomic E-state index is 0.0513. The van der Waals surface area contributed by atoms with Crippen LogP contribution in [0.4, 0.5) is 0 Å². The first kappa shape index (κ1) is 27.5. The molecular weight excluding hydrogens is 500 g/mol. The summed E-state index contributed by atoms with van der Waals surface area (Å²) in [5.41, 5.74) is -0.571. The zero-order valence-electron chi connectivity index (χ0n) is 23.4. The van der Waals surface area contributed by atoms with Crippen LogP contribution < -0.4 is 10.6 Å².